The molecule has 1 N–H and O–H groups in total. The summed E-state index contributed by atoms with van der Waals surface area (Å²) in [5.74, 6) is -0.819. The van der Waals surface area contributed by atoms with Crippen LogP contribution in [0.4, 0.5) is 4.79 Å². The van der Waals surface area contributed by atoms with E-state index in [-0.39, 0.29) is 12.7 Å². The molecule has 10 heteroatoms. The van der Waals surface area contributed by atoms with Crippen molar-refractivity contribution in [2.24, 2.45) is 0 Å². The molecule has 0 radical (unpaired) electrons. The first-order valence-electron chi connectivity index (χ1n) is 21.2. The van der Waals surface area contributed by atoms with E-state index >= 15 is 0 Å². The third kappa shape index (κ3) is 13.8. The van der Waals surface area contributed by atoms with Gasteiger partial charge in [0.25, 0.3) is 0 Å². The van der Waals surface area contributed by atoms with E-state index in [4.69, 9.17) is 37.9 Å². The van der Waals surface area contributed by atoms with Crippen molar-refractivity contribution in [3.05, 3.63) is 156 Å². The van der Waals surface area contributed by atoms with Crippen LogP contribution in [-0.4, -0.2) is 72.9 Å². The van der Waals surface area contributed by atoms with Crippen LogP contribution < -0.4 is 5.32 Å². The Labute approximate surface area is 356 Å². The maximum atomic E-state index is 13.2. The molecule has 2 aliphatic rings. The third-order valence-electron chi connectivity index (χ3n) is 10.4. The molecule has 0 bridgehead atoms. The lowest BCUT2D eigenvalue weighted by Crippen LogP contribution is -2.61. The van der Waals surface area contributed by atoms with Crippen molar-refractivity contribution < 1.29 is 42.7 Å². The Hall–Kier alpha value is -4.39. The Morgan fingerprint density at radius 3 is 1.62 bits per heavy atom. The molecular formula is C50H63NO9. The van der Waals surface area contributed by atoms with E-state index in [0.717, 1.165) is 22.3 Å². The zero-order valence-electron chi connectivity index (χ0n) is 35.9. The minimum absolute atomic E-state index is 0.248. The van der Waals surface area contributed by atoms with Crippen molar-refractivity contribution >= 4 is 6.09 Å². The van der Waals surface area contributed by atoms with Crippen LogP contribution in [0.2, 0.25) is 0 Å². The Balaban J connectivity index is 1.33. The second-order valence-corrected chi connectivity index (χ2v) is 16.9. The Bertz CT molecular complexity index is 1870. The maximum absolute atomic E-state index is 13.2. The summed E-state index contributed by atoms with van der Waals surface area (Å²) in [6.07, 6.45) is 1.19. The van der Waals surface area contributed by atoms with Gasteiger partial charge < -0.3 is 43.2 Å². The molecule has 10 nitrogen and oxygen atoms in total. The molecule has 2 saturated heterocycles. The van der Waals surface area contributed by atoms with Crippen molar-refractivity contribution in [1.82, 2.24) is 5.32 Å². The molecule has 2 heterocycles. The molecule has 322 valence electrons. The smallest absolute Gasteiger partial charge is 0.408 e. The van der Waals surface area contributed by atoms with Crippen molar-refractivity contribution in [3.63, 3.8) is 0 Å². The molecule has 4 aromatic carbocycles. The zero-order valence-corrected chi connectivity index (χ0v) is 35.9. The molecule has 8 atom stereocenters. The van der Waals surface area contributed by atoms with Crippen molar-refractivity contribution in [2.45, 2.75) is 141 Å². The van der Waals surface area contributed by atoms with E-state index < -0.39 is 60.1 Å². The number of benzene rings is 4. The van der Waals surface area contributed by atoms with Crippen LogP contribution in [0.3, 0.4) is 0 Å². The summed E-state index contributed by atoms with van der Waals surface area (Å²) >= 11 is 0. The number of nitrogens with one attached hydrogen (secondary N) is 1. The Morgan fingerprint density at radius 1 is 0.667 bits per heavy atom. The van der Waals surface area contributed by atoms with Crippen molar-refractivity contribution in [3.8, 4) is 0 Å². The number of alkyl carbamates (subject to hydrolysis) is 1. The summed E-state index contributed by atoms with van der Waals surface area (Å²) in [4.78, 5) is 13.2. The zero-order chi connectivity index (χ0) is 42.4. The first kappa shape index (κ1) is 45.1. The van der Waals surface area contributed by atoms with Crippen molar-refractivity contribution in [1.29, 1.82) is 0 Å². The molecule has 2 unspecified atom stereocenters. The van der Waals surface area contributed by atoms with Gasteiger partial charge in [-0.1, -0.05) is 140 Å². The average Bonchev–Trinajstić information content (AvgIpc) is 3.56. The topological polar surface area (TPSA) is 103 Å². The molecule has 0 aliphatic carbocycles. The molecule has 0 aromatic heterocycles. The molecule has 60 heavy (non-hydrogen) atoms. The predicted molar refractivity (Wildman–Crippen MR) is 231 cm³/mol. The predicted octanol–water partition coefficient (Wildman–Crippen LogP) is 9.50. The lowest BCUT2D eigenvalue weighted by atomic mass is 9.92. The summed E-state index contributed by atoms with van der Waals surface area (Å²) in [6, 6.07) is 39.8. The van der Waals surface area contributed by atoms with Crippen LogP contribution in [0, 0.1) is 0 Å². The van der Waals surface area contributed by atoms with Gasteiger partial charge in [-0.2, -0.15) is 0 Å². The number of carbonyl (C=O) groups is 1. The van der Waals surface area contributed by atoms with Crippen LogP contribution in [0.1, 0.15) is 76.6 Å². The maximum Gasteiger partial charge on any atom is 0.408 e. The fourth-order valence-electron chi connectivity index (χ4n) is 7.60. The average molecular weight is 822 g/mol. The summed E-state index contributed by atoms with van der Waals surface area (Å²) in [5.41, 5.74) is 3.47. The first-order chi connectivity index (χ1) is 29.0. The highest BCUT2D eigenvalue weighted by molar-refractivity contribution is 5.68. The van der Waals surface area contributed by atoms with E-state index in [1.165, 1.54) is 0 Å². The van der Waals surface area contributed by atoms with E-state index in [0.29, 0.717) is 39.3 Å². The van der Waals surface area contributed by atoms with Gasteiger partial charge in [0.15, 0.2) is 5.79 Å². The lowest BCUT2D eigenvalue weighted by molar-refractivity contribution is -0.271. The molecule has 6 rings (SSSR count). The number of ether oxygens (including phenoxy) is 8. The van der Waals surface area contributed by atoms with E-state index in [9.17, 15) is 4.79 Å². The lowest BCUT2D eigenvalue weighted by Gasteiger charge is -2.46. The van der Waals surface area contributed by atoms with E-state index in [1.807, 2.05) is 163 Å². The van der Waals surface area contributed by atoms with Gasteiger partial charge in [-0.15, -0.1) is 0 Å². The summed E-state index contributed by atoms with van der Waals surface area (Å²) < 4.78 is 52.5. The summed E-state index contributed by atoms with van der Waals surface area (Å²) in [7, 11) is 0. The van der Waals surface area contributed by atoms with Gasteiger partial charge in [-0.05, 0) is 69.7 Å². The highest BCUT2D eigenvalue weighted by Crippen LogP contribution is 2.34. The van der Waals surface area contributed by atoms with Gasteiger partial charge in [-0.25, -0.2) is 4.79 Å². The van der Waals surface area contributed by atoms with Crippen LogP contribution in [0.5, 0.6) is 0 Å². The van der Waals surface area contributed by atoms with Gasteiger partial charge in [0.2, 0.25) is 0 Å². The number of carbonyl (C=O) groups excluding carboxylic acids is 1. The largest absolute Gasteiger partial charge is 0.444 e. The third-order valence-corrected chi connectivity index (χ3v) is 10.4. The highest BCUT2D eigenvalue weighted by Gasteiger charge is 2.48. The minimum Gasteiger partial charge on any atom is -0.444 e. The Morgan fingerprint density at radius 2 is 1.13 bits per heavy atom. The van der Waals surface area contributed by atoms with E-state index in [2.05, 4.69) is 17.4 Å². The SMILES string of the molecule is CC[C@H]1OC(C)(C)O[C@H]1[C@H](/C=C/C[C@@H]1OC(COCc2ccccc2)[C@H](OCc2ccccc2)[C@H](OCc2ccccc2)C1OCc1ccccc1)NC(=O)OC(C)(C)C. The monoisotopic (exact) mass is 821 g/mol. The van der Waals surface area contributed by atoms with Gasteiger partial charge >= 0.3 is 6.09 Å². The molecule has 4 aromatic rings. The van der Waals surface area contributed by atoms with Crippen LogP contribution in [-0.2, 0) is 64.3 Å². The van der Waals surface area contributed by atoms with Gasteiger partial charge in [0.1, 0.15) is 36.1 Å². The van der Waals surface area contributed by atoms with Crippen LogP contribution >= 0.6 is 0 Å². The number of amides is 1. The fourth-order valence-corrected chi connectivity index (χ4v) is 7.60. The number of hydrogen-bond acceptors (Lipinski definition) is 9. The quantitative estimate of drug-likeness (QED) is 0.0927. The molecule has 0 saturated carbocycles. The molecule has 2 aliphatic heterocycles. The van der Waals surface area contributed by atoms with E-state index in [1.54, 1.807) is 0 Å². The summed E-state index contributed by atoms with van der Waals surface area (Å²) in [6.45, 7) is 13.1. The number of hydrogen-bond donors (Lipinski definition) is 1. The molecule has 2 fully saturated rings. The highest BCUT2D eigenvalue weighted by atomic mass is 16.8. The minimum atomic E-state index is -0.819. The fraction of sp³-hybridized carbons (Fsp3) is 0.460. The second-order valence-electron chi connectivity index (χ2n) is 16.9. The van der Waals surface area contributed by atoms with Gasteiger partial charge in [-0.3, -0.25) is 0 Å². The van der Waals surface area contributed by atoms with Crippen molar-refractivity contribution in [2.75, 3.05) is 6.61 Å². The molecular weight excluding hydrogens is 759 g/mol. The first-order valence-corrected chi connectivity index (χ1v) is 21.2. The normalized spacial score (nSPS) is 24.6. The standard InChI is InChI=1S/C50H63NO9/c1-7-41-44(59-50(5,6)58-41)40(51-48(52)60-49(2,3)4)29-20-30-42-45(54-32-37-23-14-9-15-24-37)47(56-34-39-27-18-11-19-28-39)46(55-33-38-25-16-10-17-26-38)43(57-42)35-53-31-36-21-12-8-13-22-36/h8-29,40-47H,7,30-35H2,1-6H3,(H,51,52)/b29-20+/t40-,41+,42-,43?,44-,45?,46-,47+/m0/s1. The second kappa shape index (κ2) is 21.9. The Kier molecular flexibility index (Phi) is 16.5. The molecule has 0 spiro atoms. The van der Waals surface area contributed by atoms with Gasteiger partial charge in [0.05, 0.1) is 51.3 Å². The van der Waals surface area contributed by atoms with Crippen LogP contribution in [0.25, 0.3) is 0 Å². The van der Waals surface area contributed by atoms with Gasteiger partial charge in [0, 0.05) is 0 Å². The van der Waals surface area contributed by atoms with Crippen LogP contribution in [0.15, 0.2) is 133 Å². The number of rotatable bonds is 19. The summed E-state index contributed by atoms with van der Waals surface area (Å²) in [5, 5.41) is 3.06. The molecule has 1 amide bonds.